The van der Waals surface area contributed by atoms with Gasteiger partial charge in [-0.05, 0) is 18.2 Å². The first-order valence-electron chi connectivity index (χ1n) is 6.76. The van der Waals surface area contributed by atoms with Crippen molar-refractivity contribution < 1.29 is 4.79 Å². The van der Waals surface area contributed by atoms with Crippen LogP contribution in [0.25, 0.3) is 0 Å². The number of nitrogens with zero attached hydrogens (tertiary/aromatic N) is 5. The Balaban J connectivity index is 1.63. The minimum absolute atomic E-state index is 0.00480. The van der Waals surface area contributed by atoms with E-state index in [1.807, 2.05) is 17.0 Å². The van der Waals surface area contributed by atoms with E-state index in [1.54, 1.807) is 12.3 Å². The summed E-state index contributed by atoms with van der Waals surface area (Å²) in [6, 6.07) is 5.42. The van der Waals surface area contributed by atoms with Gasteiger partial charge in [0.2, 0.25) is 0 Å². The Morgan fingerprint density at radius 1 is 1.05 bits per heavy atom. The lowest BCUT2D eigenvalue weighted by Crippen LogP contribution is -2.49. The maximum atomic E-state index is 12.3. The molecule has 0 saturated carbocycles. The molecule has 2 aromatic heterocycles. The van der Waals surface area contributed by atoms with Gasteiger partial charge in [0, 0.05) is 26.2 Å². The lowest BCUT2D eigenvalue weighted by Gasteiger charge is -2.35. The van der Waals surface area contributed by atoms with Crippen LogP contribution in [0, 0.1) is 0 Å². The molecule has 21 heavy (non-hydrogen) atoms. The summed E-state index contributed by atoms with van der Waals surface area (Å²) in [5, 5.41) is 7.43. The molecule has 1 aliphatic rings. The van der Waals surface area contributed by atoms with Crippen LogP contribution in [0.15, 0.2) is 36.8 Å². The molecular weight excluding hydrogens is 268 g/mol. The normalized spacial score (nSPS) is 15.0. The first-order valence-corrected chi connectivity index (χ1v) is 6.76. The van der Waals surface area contributed by atoms with Crippen LogP contribution in [0.1, 0.15) is 10.4 Å². The van der Waals surface area contributed by atoms with Crippen LogP contribution in [-0.2, 0) is 0 Å². The van der Waals surface area contributed by atoms with Crippen LogP contribution < -0.4 is 10.6 Å². The van der Waals surface area contributed by atoms with Crippen LogP contribution >= 0.6 is 0 Å². The first kappa shape index (κ1) is 13.3. The van der Waals surface area contributed by atoms with E-state index in [4.69, 9.17) is 5.73 Å². The fraction of sp³-hybridized carbons (Fsp3) is 0.286. The minimum atomic E-state index is -0.00480. The van der Waals surface area contributed by atoms with Gasteiger partial charge in [0.25, 0.3) is 5.91 Å². The fourth-order valence-electron chi connectivity index (χ4n) is 2.32. The molecular formula is C14H16N6O. The van der Waals surface area contributed by atoms with E-state index in [1.165, 1.54) is 12.4 Å². The summed E-state index contributed by atoms with van der Waals surface area (Å²) in [6.45, 7) is 2.82. The number of carbonyl (C=O) groups is 1. The van der Waals surface area contributed by atoms with Gasteiger partial charge in [-0.2, -0.15) is 10.2 Å². The molecule has 2 N–H and O–H groups in total. The Bertz CT molecular complexity index is 607. The highest BCUT2D eigenvalue weighted by atomic mass is 16.2. The third kappa shape index (κ3) is 2.91. The van der Waals surface area contributed by atoms with Crippen molar-refractivity contribution in [3.8, 4) is 0 Å². The molecule has 3 heterocycles. The third-order valence-corrected chi connectivity index (χ3v) is 3.49. The number of rotatable bonds is 2. The summed E-state index contributed by atoms with van der Waals surface area (Å²) in [5.74, 6) is 0.886. The molecule has 0 spiro atoms. The average molecular weight is 284 g/mol. The fourth-order valence-corrected chi connectivity index (χ4v) is 2.32. The molecule has 7 nitrogen and oxygen atoms in total. The van der Waals surface area contributed by atoms with Crippen LogP contribution in [0.5, 0.6) is 0 Å². The second kappa shape index (κ2) is 5.74. The highest BCUT2D eigenvalue weighted by Gasteiger charge is 2.22. The predicted molar refractivity (Wildman–Crippen MR) is 78.8 cm³/mol. The Kier molecular flexibility index (Phi) is 3.63. The van der Waals surface area contributed by atoms with Gasteiger partial charge in [-0.3, -0.25) is 4.79 Å². The Morgan fingerprint density at radius 2 is 1.86 bits per heavy atom. The molecule has 3 rings (SSSR count). The number of anilines is 2. The molecule has 0 aliphatic carbocycles. The van der Waals surface area contributed by atoms with E-state index >= 15 is 0 Å². The van der Waals surface area contributed by atoms with Gasteiger partial charge in [-0.15, -0.1) is 0 Å². The molecule has 108 valence electrons. The molecule has 0 atom stereocenters. The maximum absolute atomic E-state index is 12.3. The molecule has 1 amide bonds. The molecule has 2 aromatic rings. The quantitative estimate of drug-likeness (QED) is 0.859. The molecule has 0 aromatic carbocycles. The largest absolute Gasteiger partial charge is 0.397 e. The van der Waals surface area contributed by atoms with Gasteiger partial charge in [0.05, 0.1) is 29.8 Å². The number of aromatic nitrogens is 3. The highest BCUT2D eigenvalue weighted by molar-refractivity contribution is 5.93. The number of hydrogen-bond acceptors (Lipinski definition) is 6. The van der Waals surface area contributed by atoms with Crippen molar-refractivity contribution in [1.82, 2.24) is 20.1 Å². The van der Waals surface area contributed by atoms with Gasteiger partial charge in [-0.25, -0.2) is 4.98 Å². The number of carbonyl (C=O) groups excluding carboxylic acids is 1. The highest BCUT2D eigenvalue weighted by Crippen LogP contribution is 2.15. The van der Waals surface area contributed by atoms with E-state index < -0.39 is 0 Å². The smallest absolute Gasteiger partial charge is 0.255 e. The van der Waals surface area contributed by atoms with Gasteiger partial charge in [-0.1, -0.05) is 0 Å². The summed E-state index contributed by atoms with van der Waals surface area (Å²) in [7, 11) is 0. The zero-order valence-electron chi connectivity index (χ0n) is 11.5. The Hall–Kier alpha value is -2.70. The topological polar surface area (TPSA) is 88.2 Å². The summed E-state index contributed by atoms with van der Waals surface area (Å²) < 4.78 is 0. The average Bonchev–Trinajstić information content (AvgIpc) is 2.56. The van der Waals surface area contributed by atoms with Crippen LogP contribution in [0.3, 0.4) is 0 Å². The van der Waals surface area contributed by atoms with Crippen molar-refractivity contribution in [2.45, 2.75) is 0 Å². The summed E-state index contributed by atoms with van der Waals surface area (Å²) in [4.78, 5) is 20.6. The van der Waals surface area contributed by atoms with E-state index in [2.05, 4.69) is 20.1 Å². The second-order valence-electron chi connectivity index (χ2n) is 4.86. The standard InChI is InChI=1S/C14H16N6O/c15-12-1-2-13(16-10-12)19-5-7-20(8-6-19)14(21)11-3-4-17-18-9-11/h1-4,9-10H,5-8,15H2. The first-order chi connectivity index (χ1) is 10.2. The summed E-state index contributed by atoms with van der Waals surface area (Å²) in [6.07, 6.45) is 4.67. The van der Waals surface area contributed by atoms with Crippen molar-refractivity contribution in [1.29, 1.82) is 0 Å². The number of amides is 1. The molecule has 0 unspecified atom stereocenters. The SMILES string of the molecule is Nc1ccc(N2CCN(C(=O)c3ccnnc3)CC2)nc1. The molecule has 1 fully saturated rings. The third-order valence-electron chi connectivity index (χ3n) is 3.49. The lowest BCUT2D eigenvalue weighted by molar-refractivity contribution is 0.0746. The predicted octanol–water partition coefficient (Wildman–Crippen LogP) is 0.416. The number of nitrogens with two attached hydrogens (primary N) is 1. The minimum Gasteiger partial charge on any atom is -0.397 e. The second-order valence-corrected chi connectivity index (χ2v) is 4.86. The van der Waals surface area contributed by atoms with E-state index in [0.29, 0.717) is 24.3 Å². The molecule has 0 bridgehead atoms. The van der Waals surface area contributed by atoms with Gasteiger partial charge in [0.1, 0.15) is 5.82 Å². The number of pyridine rings is 1. The molecule has 0 radical (unpaired) electrons. The van der Waals surface area contributed by atoms with Gasteiger partial charge in [0.15, 0.2) is 0 Å². The van der Waals surface area contributed by atoms with Gasteiger partial charge >= 0.3 is 0 Å². The zero-order valence-corrected chi connectivity index (χ0v) is 11.5. The molecule has 1 aliphatic heterocycles. The lowest BCUT2D eigenvalue weighted by atomic mass is 10.2. The van der Waals surface area contributed by atoms with Crippen LogP contribution in [-0.4, -0.2) is 52.2 Å². The van der Waals surface area contributed by atoms with Crippen molar-refractivity contribution in [2.24, 2.45) is 0 Å². The number of nitrogen functional groups attached to an aromatic ring is 1. The molecule has 1 saturated heterocycles. The number of piperazine rings is 1. The summed E-state index contributed by atoms with van der Waals surface area (Å²) in [5.41, 5.74) is 6.86. The van der Waals surface area contributed by atoms with Gasteiger partial charge < -0.3 is 15.5 Å². The van der Waals surface area contributed by atoms with Crippen molar-refractivity contribution in [3.05, 3.63) is 42.4 Å². The summed E-state index contributed by atoms with van der Waals surface area (Å²) >= 11 is 0. The van der Waals surface area contributed by atoms with Crippen LogP contribution in [0.2, 0.25) is 0 Å². The number of hydrogen-bond donors (Lipinski definition) is 1. The van der Waals surface area contributed by atoms with E-state index in [0.717, 1.165) is 18.9 Å². The monoisotopic (exact) mass is 284 g/mol. The van der Waals surface area contributed by atoms with E-state index in [9.17, 15) is 4.79 Å². The van der Waals surface area contributed by atoms with Crippen molar-refractivity contribution >= 4 is 17.4 Å². The zero-order chi connectivity index (χ0) is 14.7. The van der Waals surface area contributed by atoms with Crippen LogP contribution in [0.4, 0.5) is 11.5 Å². The Labute approximate surface area is 122 Å². The molecule has 7 heteroatoms. The van der Waals surface area contributed by atoms with Crippen molar-refractivity contribution in [2.75, 3.05) is 36.8 Å². The maximum Gasteiger partial charge on any atom is 0.255 e. The Morgan fingerprint density at radius 3 is 2.48 bits per heavy atom. The van der Waals surface area contributed by atoms with Crippen molar-refractivity contribution in [3.63, 3.8) is 0 Å². The van der Waals surface area contributed by atoms with E-state index in [-0.39, 0.29) is 5.91 Å².